The van der Waals surface area contributed by atoms with Gasteiger partial charge in [-0.25, -0.2) is 0 Å². The van der Waals surface area contributed by atoms with Crippen LogP contribution in [-0.2, 0) is 11.8 Å². The highest BCUT2D eigenvalue weighted by Gasteiger charge is 2.13. The van der Waals surface area contributed by atoms with Crippen molar-refractivity contribution in [3.05, 3.63) is 30.6 Å². The van der Waals surface area contributed by atoms with Crippen molar-refractivity contribution in [2.45, 2.75) is 12.8 Å². The average molecular weight is 272 g/mol. The van der Waals surface area contributed by atoms with Gasteiger partial charge in [0, 0.05) is 31.5 Å². The molecule has 1 saturated heterocycles. The first-order valence-electron chi connectivity index (χ1n) is 7.09. The molecule has 1 aromatic heterocycles. The maximum atomic E-state index is 5.51. The molecule has 5 nitrogen and oxygen atoms in total. The molecular formula is C15H20N4O. The van der Waals surface area contributed by atoms with Crippen molar-refractivity contribution in [3.8, 4) is 11.4 Å². The number of hydrogen-bond donors (Lipinski definition) is 1. The largest absolute Gasteiger partial charge is 0.385 e. The summed E-state index contributed by atoms with van der Waals surface area (Å²) in [6.07, 6.45) is 4.14. The first kappa shape index (κ1) is 13.1. The summed E-state index contributed by atoms with van der Waals surface area (Å²) >= 11 is 0. The monoisotopic (exact) mass is 272 g/mol. The van der Waals surface area contributed by atoms with E-state index >= 15 is 0 Å². The minimum atomic E-state index is 0.613. The molecule has 0 radical (unpaired) electrons. The lowest BCUT2D eigenvalue weighted by molar-refractivity contribution is 0.0595. The lowest BCUT2D eigenvalue weighted by atomic mass is 10.0. The number of benzene rings is 1. The Bertz CT molecular complexity index is 561. The standard InChI is InChI=1S/C15H20N4O/c1-19-11-17-18-15(19)13-5-2-6-14(8-13)16-9-12-4-3-7-20-10-12/h2,5-6,8,11-12,16H,3-4,7,9-10H2,1H3. The Morgan fingerprint density at radius 1 is 1.45 bits per heavy atom. The predicted octanol–water partition coefficient (Wildman–Crippen LogP) is 2.32. The fourth-order valence-corrected chi connectivity index (χ4v) is 2.54. The van der Waals surface area contributed by atoms with Gasteiger partial charge in [-0.1, -0.05) is 12.1 Å². The van der Waals surface area contributed by atoms with Gasteiger partial charge in [-0.2, -0.15) is 0 Å². The smallest absolute Gasteiger partial charge is 0.163 e. The predicted molar refractivity (Wildman–Crippen MR) is 78.5 cm³/mol. The topological polar surface area (TPSA) is 52.0 Å². The summed E-state index contributed by atoms with van der Waals surface area (Å²) in [5.74, 6) is 1.50. The maximum absolute atomic E-state index is 5.51. The van der Waals surface area contributed by atoms with Crippen LogP contribution >= 0.6 is 0 Å². The minimum Gasteiger partial charge on any atom is -0.385 e. The molecule has 1 N–H and O–H groups in total. The highest BCUT2D eigenvalue weighted by molar-refractivity contribution is 5.62. The molecule has 5 heteroatoms. The van der Waals surface area contributed by atoms with Crippen LogP contribution in [0.3, 0.4) is 0 Å². The number of aryl methyl sites for hydroxylation is 1. The third-order valence-electron chi connectivity index (χ3n) is 3.68. The summed E-state index contributed by atoms with van der Waals surface area (Å²) in [7, 11) is 1.95. The highest BCUT2D eigenvalue weighted by atomic mass is 16.5. The Morgan fingerprint density at radius 3 is 3.15 bits per heavy atom. The normalized spacial score (nSPS) is 18.9. The molecule has 106 valence electrons. The van der Waals surface area contributed by atoms with Crippen LogP contribution in [0.4, 0.5) is 5.69 Å². The summed E-state index contributed by atoms with van der Waals surface area (Å²) < 4.78 is 7.43. The molecule has 1 aromatic carbocycles. The second-order valence-corrected chi connectivity index (χ2v) is 5.31. The number of nitrogens with one attached hydrogen (secondary N) is 1. The van der Waals surface area contributed by atoms with Crippen molar-refractivity contribution in [3.63, 3.8) is 0 Å². The van der Waals surface area contributed by atoms with Gasteiger partial charge in [0.25, 0.3) is 0 Å². The Hall–Kier alpha value is -1.88. The highest BCUT2D eigenvalue weighted by Crippen LogP contribution is 2.21. The van der Waals surface area contributed by atoms with Gasteiger partial charge in [-0.15, -0.1) is 10.2 Å². The number of hydrogen-bond acceptors (Lipinski definition) is 4. The molecule has 1 unspecified atom stereocenters. The molecule has 3 rings (SSSR count). The van der Waals surface area contributed by atoms with E-state index in [1.807, 2.05) is 17.7 Å². The average Bonchev–Trinajstić information content (AvgIpc) is 2.93. The molecule has 0 spiro atoms. The van der Waals surface area contributed by atoms with Crippen LogP contribution in [-0.4, -0.2) is 34.5 Å². The quantitative estimate of drug-likeness (QED) is 0.928. The van der Waals surface area contributed by atoms with Crippen LogP contribution in [0.1, 0.15) is 12.8 Å². The van der Waals surface area contributed by atoms with Crippen LogP contribution in [0.5, 0.6) is 0 Å². The van der Waals surface area contributed by atoms with Crippen LogP contribution in [0.25, 0.3) is 11.4 Å². The van der Waals surface area contributed by atoms with Gasteiger partial charge in [-0.3, -0.25) is 0 Å². The summed E-state index contributed by atoms with van der Waals surface area (Å²) in [5.41, 5.74) is 2.20. The lowest BCUT2D eigenvalue weighted by Gasteiger charge is -2.22. The summed E-state index contributed by atoms with van der Waals surface area (Å²) in [6.45, 7) is 2.75. The third kappa shape index (κ3) is 2.99. The van der Waals surface area contributed by atoms with Gasteiger partial charge in [-0.05, 0) is 30.9 Å². The van der Waals surface area contributed by atoms with Gasteiger partial charge in [0.1, 0.15) is 6.33 Å². The zero-order chi connectivity index (χ0) is 13.8. The molecule has 1 aliphatic rings. The summed E-state index contributed by atoms with van der Waals surface area (Å²) in [6, 6.07) is 8.31. The SMILES string of the molecule is Cn1cnnc1-c1cccc(NCC2CCCOC2)c1. The molecular weight excluding hydrogens is 252 g/mol. The van der Waals surface area contributed by atoms with Crippen LogP contribution < -0.4 is 5.32 Å². The van der Waals surface area contributed by atoms with Crippen LogP contribution in [0.2, 0.25) is 0 Å². The second kappa shape index (κ2) is 6.05. The minimum absolute atomic E-state index is 0.613. The second-order valence-electron chi connectivity index (χ2n) is 5.31. The van der Waals surface area contributed by atoms with Gasteiger partial charge in [0.2, 0.25) is 0 Å². The number of aromatic nitrogens is 3. The molecule has 2 heterocycles. The van der Waals surface area contributed by atoms with E-state index < -0.39 is 0 Å². The van der Waals surface area contributed by atoms with Crippen molar-refractivity contribution in [2.75, 3.05) is 25.1 Å². The van der Waals surface area contributed by atoms with E-state index in [1.165, 1.54) is 12.8 Å². The van der Waals surface area contributed by atoms with Gasteiger partial charge < -0.3 is 14.6 Å². The molecule has 0 aliphatic carbocycles. The van der Waals surface area contributed by atoms with Crippen molar-refractivity contribution >= 4 is 5.69 Å². The Kier molecular flexibility index (Phi) is 3.97. The van der Waals surface area contributed by atoms with Gasteiger partial charge in [0.05, 0.1) is 6.61 Å². The number of ether oxygens (including phenoxy) is 1. The molecule has 0 saturated carbocycles. The first-order chi connectivity index (χ1) is 9.83. The Balaban J connectivity index is 1.67. The van der Waals surface area contributed by atoms with Crippen molar-refractivity contribution in [2.24, 2.45) is 13.0 Å². The van der Waals surface area contributed by atoms with Crippen LogP contribution in [0, 0.1) is 5.92 Å². The molecule has 0 amide bonds. The molecule has 2 aromatic rings. The molecule has 1 aliphatic heterocycles. The van der Waals surface area contributed by atoms with E-state index in [9.17, 15) is 0 Å². The fraction of sp³-hybridized carbons (Fsp3) is 0.467. The molecule has 20 heavy (non-hydrogen) atoms. The third-order valence-corrected chi connectivity index (χ3v) is 3.68. The Morgan fingerprint density at radius 2 is 2.40 bits per heavy atom. The number of rotatable bonds is 4. The Labute approximate surface area is 119 Å². The molecule has 1 atom stereocenters. The van der Waals surface area contributed by atoms with E-state index in [1.54, 1.807) is 6.33 Å². The van der Waals surface area contributed by atoms with Crippen molar-refractivity contribution < 1.29 is 4.74 Å². The van der Waals surface area contributed by atoms with Crippen molar-refractivity contribution in [1.82, 2.24) is 14.8 Å². The summed E-state index contributed by atoms with van der Waals surface area (Å²) in [4.78, 5) is 0. The number of nitrogens with zero attached hydrogens (tertiary/aromatic N) is 3. The van der Waals surface area contributed by atoms with Gasteiger partial charge >= 0.3 is 0 Å². The van der Waals surface area contributed by atoms with E-state index in [4.69, 9.17) is 4.74 Å². The van der Waals surface area contributed by atoms with E-state index in [-0.39, 0.29) is 0 Å². The number of anilines is 1. The van der Waals surface area contributed by atoms with E-state index in [0.717, 1.165) is 36.8 Å². The molecule has 0 bridgehead atoms. The summed E-state index contributed by atoms with van der Waals surface area (Å²) in [5, 5.41) is 11.6. The fourth-order valence-electron chi connectivity index (χ4n) is 2.54. The molecule has 1 fully saturated rings. The van der Waals surface area contributed by atoms with E-state index in [0.29, 0.717) is 5.92 Å². The first-order valence-corrected chi connectivity index (χ1v) is 7.09. The zero-order valence-corrected chi connectivity index (χ0v) is 11.7. The van der Waals surface area contributed by atoms with Gasteiger partial charge in [0.15, 0.2) is 5.82 Å². The zero-order valence-electron chi connectivity index (χ0n) is 11.7. The lowest BCUT2D eigenvalue weighted by Crippen LogP contribution is -2.24. The van der Waals surface area contributed by atoms with Crippen molar-refractivity contribution in [1.29, 1.82) is 0 Å². The maximum Gasteiger partial charge on any atom is 0.163 e. The van der Waals surface area contributed by atoms with Crippen LogP contribution in [0.15, 0.2) is 30.6 Å². The van der Waals surface area contributed by atoms with E-state index in [2.05, 4.69) is 33.7 Å².